The van der Waals surface area contributed by atoms with Crippen LogP contribution in [0.5, 0.6) is 11.5 Å². The Hall–Kier alpha value is -2.64. The van der Waals surface area contributed by atoms with E-state index in [1.165, 1.54) is 0 Å². The summed E-state index contributed by atoms with van der Waals surface area (Å²) >= 11 is 0. The number of hydrogen-bond donors (Lipinski definition) is 1. The van der Waals surface area contributed by atoms with Crippen molar-refractivity contribution in [3.63, 3.8) is 0 Å². The second kappa shape index (κ2) is 9.45. The molecular weight excluding hydrogens is 386 g/mol. The summed E-state index contributed by atoms with van der Waals surface area (Å²) in [4.78, 5) is 28.4. The van der Waals surface area contributed by atoms with E-state index in [0.717, 1.165) is 19.3 Å². The van der Waals surface area contributed by atoms with Gasteiger partial charge in [0, 0.05) is 44.9 Å². The summed E-state index contributed by atoms with van der Waals surface area (Å²) in [6, 6.07) is 5.30. The lowest BCUT2D eigenvalue weighted by molar-refractivity contribution is 0.0253. The smallest absolute Gasteiger partial charge is 0.410 e. The van der Waals surface area contributed by atoms with E-state index >= 15 is 0 Å². The summed E-state index contributed by atoms with van der Waals surface area (Å²) in [5, 5.41) is 2.96. The van der Waals surface area contributed by atoms with Gasteiger partial charge in [-0.1, -0.05) is 0 Å². The van der Waals surface area contributed by atoms with E-state index in [2.05, 4.69) is 5.32 Å². The first kappa shape index (κ1) is 22.1. The molecule has 1 unspecified atom stereocenters. The Morgan fingerprint density at radius 1 is 1.20 bits per heavy atom. The van der Waals surface area contributed by atoms with Crippen LogP contribution >= 0.6 is 0 Å². The van der Waals surface area contributed by atoms with E-state index in [0.29, 0.717) is 50.0 Å². The topological polar surface area (TPSA) is 80.3 Å². The van der Waals surface area contributed by atoms with Gasteiger partial charge in [0.1, 0.15) is 5.60 Å². The number of piperidine rings is 1. The van der Waals surface area contributed by atoms with Crippen molar-refractivity contribution in [1.29, 1.82) is 0 Å². The predicted octanol–water partition coefficient (Wildman–Crippen LogP) is 3.96. The first-order valence-electron chi connectivity index (χ1n) is 10.6. The molecular formula is C22H33N3O5. The van der Waals surface area contributed by atoms with Gasteiger partial charge >= 0.3 is 12.1 Å². The maximum Gasteiger partial charge on any atom is 0.410 e. The Bertz CT molecular complexity index is 762. The van der Waals surface area contributed by atoms with Crippen molar-refractivity contribution in [2.24, 2.45) is 5.92 Å². The normalized spacial score (nSPS) is 18.9. The van der Waals surface area contributed by atoms with Crippen LogP contribution in [0.2, 0.25) is 0 Å². The van der Waals surface area contributed by atoms with Gasteiger partial charge in [0.25, 0.3) is 0 Å². The molecule has 0 aliphatic carbocycles. The highest BCUT2D eigenvalue weighted by atomic mass is 16.6. The van der Waals surface area contributed by atoms with Crippen LogP contribution in [0.15, 0.2) is 18.2 Å². The third kappa shape index (κ3) is 6.18. The monoisotopic (exact) mass is 419 g/mol. The molecule has 1 fully saturated rings. The third-order valence-electron chi connectivity index (χ3n) is 5.04. The van der Waals surface area contributed by atoms with Gasteiger partial charge in [0.05, 0.1) is 13.2 Å². The molecule has 3 rings (SSSR count). The molecule has 0 spiro atoms. The molecule has 8 nitrogen and oxygen atoms in total. The van der Waals surface area contributed by atoms with E-state index in [1.54, 1.807) is 22.9 Å². The van der Waals surface area contributed by atoms with Crippen molar-refractivity contribution in [3.8, 4) is 11.5 Å². The van der Waals surface area contributed by atoms with Crippen LogP contribution in [0, 0.1) is 5.92 Å². The number of ether oxygens (including phenoxy) is 3. The lowest BCUT2D eigenvalue weighted by Gasteiger charge is -2.35. The summed E-state index contributed by atoms with van der Waals surface area (Å²) in [6.45, 7) is 8.64. The number of carbonyl (C=O) groups excluding carboxylic acids is 2. The second-order valence-electron chi connectivity index (χ2n) is 8.96. The minimum atomic E-state index is -0.521. The average molecular weight is 420 g/mol. The minimum absolute atomic E-state index is 0.144. The van der Waals surface area contributed by atoms with E-state index in [9.17, 15) is 9.59 Å². The van der Waals surface area contributed by atoms with Gasteiger partial charge in [-0.15, -0.1) is 0 Å². The van der Waals surface area contributed by atoms with Gasteiger partial charge in [-0.25, -0.2) is 9.59 Å². The summed E-state index contributed by atoms with van der Waals surface area (Å²) in [5.74, 6) is 1.57. The molecule has 1 aromatic carbocycles. The Balaban J connectivity index is 1.54. The zero-order chi connectivity index (χ0) is 21.7. The average Bonchev–Trinajstić information content (AvgIpc) is 2.92. The van der Waals surface area contributed by atoms with Crippen LogP contribution in [0.1, 0.15) is 40.0 Å². The molecule has 0 bridgehead atoms. The highest BCUT2D eigenvalue weighted by Gasteiger charge is 2.27. The van der Waals surface area contributed by atoms with Crippen LogP contribution in [0.25, 0.3) is 0 Å². The molecule has 166 valence electrons. The Morgan fingerprint density at radius 3 is 2.67 bits per heavy atom. The number of rotatable bonds is 3. The largest absolute Gasteiger partial charge is 0.490 e. The number of hydrogen-bond acceptors (Lipinski definition) is 5. The van der Waals surface area contributed by atoms with Gasteiger partial charge in [-0.2, -0.15) is 0 Å². The van der Waals surface area contributed by atoms with Crippen LogP contribution in [-0.4, -0.2) is 67.4 Å². The van der Waals surface area contributed by atoms with Crippen LogP contribution in [0.4, 0.5) is 15.3 Å². The fourth-order valence-electron chi connectivity index (χ4n) is 3.64. The Morgan fingerprint density at radius 2 is 1.93 bits per heavy atom. The first-order valence-corrected chi connectivity index (χ1v) is 10.6. The highest BCUT2D eigenvalue weighted by Crippen LogP contribution is 2.32. The van der Waals surface area contributed by atoms with Gasteiger partial charge in [0.2, 0.25) is 0 Å². The molecule has 30 heavy (non-hydrogen) atoms. The van der Waals surface area contributed by atoms with Crippen molar-refractivity contribution < 1.29 is 23.8 Å². The molecule has 1 N–H and O–H groups in total. The van der Waals surface area contributed by atoms with Gasteiger partial charge < -0.3 is 29.3 Å². The predicted molar refractivity (Wildman–Crippen MR) is 114 cm³/mol. The molecule has 0 radical (unpaired) electrons. The van der Waals surface area contributed by atoms with Crippen LogP contribution in [0.3, 0.4) is 0 Å². The fraction of sp³-hybridized carbons (Fsp3) is 0.636. The maximum atomic E-state index is 12.8. The number of amides is 3. The molecule has 2 aliphatic rings. The van der Waals surface area contributed by atoms with E-state index in [1.807, 2.05) is 32.9 Å². The van der Waals surface area contributed by atoms with Crippen molar-refractivity contribution >= 4 is 17.8 Å². The van der Waals surface area contributed by atoms with Gasteiger partial charge in [-0.3, -0.25) is 0 Å². The number of fused-ring (bicyclic) bond motifs is 1. The van der Waals surface area contributed by atoms with Crippen LogP contribution < -0.4 is 14.8 Å². The van der Waals surface area contributed by atoms with Gasteiger partial charge in [-0.05, 0) is 51.7 Å². The standard InChI is InChI=1S/C22H33N3O5/c1-22(2,3)30-21(27)24(4)14-16-7-5-10-25(15-16)20(26)23-17-8-9-18-19(13-17)29-12-6-11-28-18/h8-9,13,16H,5-7,10-12,14-15H2,1-4H3,(H,23,26). The lowest BCUT2D eigenvalue weighted by Crippen LogP contribution is -2.46. The number of anilines is 1. The molecule has 1 saturated heterocycles. The summed E-state index contributed by atoms with van der Waals surface area (Å²) in [6.07, 6.45) is 2.38. The Kier molecular flexibility index (Phi) is 6.95. The second-order valence-corrected chi connectivity index (χ2v) is 8.96. The Labute approximate surface area is 178 Å². The van der Waals surface area contributed by atoms with Crippen molar-refractivity contribution in [2.45, 2.75) is 45.6 Å². The van der Waals surface area contributed by atoms with Crippen molar-refractivity contribution in [3.05, 3.63) is 18.2 Å². The minimum Gasteiger partial charge on any atom is -0.490 e. The van der Waals surface area contributed by atoms with E-state index in [4.69, 9.17) is 14.2 Å². The quantitative estimate of drug-likeness (QED) is 0.802. The number of likely N-dealkylation sites (tertiary alicyclic amines) is 1. The molecule has 3 amide bonds. The molecule has 0 saturated carbocycles. The van der Waals surface area contributed by atoms with Crippen LogP contribution in [-0.2, 0) is 4.74 Å². The lowest BCUT2D eigenvalue weighted by atomic mass is 9.98. The SMILES string of the molecule is CN(CC1CCCN(C(=O)Nc2ccc3c(c2)OCCCO3)C1)C(=O)OC(C)(C)C. The third-order valence-corrected chi connectivity index (χ3v) is 5.04. The molecule has 8 heteroatoms. The first-order chi connectivity index (χ1) is 14.2. The number of benzene rings is 1. The maximum absolute atomic E-state index is 12.8. The van der Waals surface area contributed by atoms with Gasteiger partial charge in [0.15, 0.2) is 11.5 Å². The number of nitrogens with one attached hydrogen (secondary N) is 1. The summed E-state index contributed by atoms with van der Waals surface area (Å²) < 4.78 is 16.7. The molecule has 2 heterocycles. The zero-order valence-corrected chi connectivity index (χ0v) is 18.4. The molecule has 2 aliphatic heterocycles. The number of carbonyl (C=O) groups is 2. The fourth-order valence-corrected chi connectivity index (χ4v) is 3.64. The zero-order valence-electron chi connectivity index (χ0n) is 18.4. The number of urea groups is 1. The van der Waals surface area contributed by atoms with E-state index in [-0.39, 0.29) is 18.0 Å². The van der Waals surface area contributed by atoms with Crippen molar-refractivity contribution in [1.82, 2.24) is 9.80 Å². The molecule has 1 aromatic rings. The molecule has 0 aromatic heterocycles. The summed E-state index contributed by atoms with van der Waals surface area (Å²) in [5.41, 5.74) is 0.157. The highest BCUT2D eigenvalue weighted by molar-refractivity contribution is 5.89. The molecule has 1 atom stereocenters. The summed E-state index contributed by atoms with van der Waals surface area (Å²) in [7, 11) is 1.74. The number of nitrogens with zero attached hydrogens (tertiary/aromatic N) is 2. The van der Waals surface area contributed by atoms with E-state index < -0.39 is 5.60 Å². The van der Waals surface area contributed by atoms with Crippen molar-refractivity contribution in [2.75, 3.05) is 45.2 Å².